The van der Waals surface area contributed by atoms with Gasteiger partial charge in [0.1, 0.15) is 5.60 Å². The van der Waals surface area contributed by atoms with Crippen molar-refractivity contribution >= 4 is 19.1 Å². The van der Waals surface area contributed by atoms with Crippen LogP contribution >= 0.6 is 0 Å². The third-order valence-corrected chi connectivity index (χ3v) is 4.45. The molecule has 7 nitrogen and oxygen atoms in total. The lowest BCUT2D eigenvalue weighted by Gasteiger charge is -2.39. The number of carbonyl (C=O) groups is 2. The summed E-state index contributed by atoms with van der Waals surface area (Å²) in [4.78, 5) is 25.7. The van der Waals surface area contributed by atoms with Gasteiger partial charge in [0.25, 0.3) is 0 Å². The number of piperidine rings is 1. The fourth-order valence-electron chi connectivity index (χ4n) is 3.11. The van der Waals surface area contributed by atoms with E-state index < -0.39 is 24.8 Å². The molecule has 0 aromatic heterocycles. The molecule has 2 amide bonds. The highest BCUT2D eigenvalue weighted by Crippen LogP contribution is 2.25. The zero-order valence-electron chi connectivity index (χ0n) is 14.9. The first-order valence-corrected chi connectivity index (χ1v) is 8.64. The van der Waals surface area contributed by atoms with Gasteiger partial charge < -0.3 is 25.0 Å². The minimum atomic E-state index is -1.72. The molecule has 1 aromatic rings. The van der Waals surface area contributed by atoms with Crippen molar-refractivity contribution in [3.8, 4) is 0 Å². The minimum Gasteiger partial charge on any atom is -0.441 e. The number of rotatable bonds is 6. The first kappa shape index (κ1) is 20.0. The normalized spacial score (nSPS) is 20.8. The lowest BCUT2D eigenvalue weighted by atomic mass is 9.76. The van der Waals surface area contributed by atoms with E-state index in [1.807, 2.05) is 30.3 Å². The highest BCUT2D eigenvalue weighted by molar-refractivity contribution is 6.43. The van der Waals surface area contributed by atoms with E-state index in [1.165, 1.54) is 6.08 Å². The Balaban J connectivity index is 1.96. The van der Waals surface area contributed by atoms with Crippen molar-refractivity contribution in [2.45, 2.75) is 37.7 Å². The van der Waals surface area contributed by atoms with Crippen molar-refractivity contribution in [1.82, 2.24) is 10.2 Å². The smallest absolute Gasteiger partial charge is 0.441 e. The summed E-state index contributed by atoms with van der Waals surface area (Å²) < 4.78 is 5.52. The van der Waals surface area contributed by atoms with Crippen LogP contribution in [-0.4, -0.2) is 58.7 Å². The van der Waals surface area contributed by atoms with Crippen LogP contribution in [0.2, 0.25) is 0 Å². The molecule has 140 valence electrons. The molecule has 0 spiro atoms. The number of ether oxygens (including phenoxy) is 1. The molecule has 2 unspecified atom stereocenters. The zero-order chi connectivity index (χ0) is 19.2. The molecule has 1 heterocycles. The number of benzene rings is 1. The van der Waals surface area contributed by atoms with Crippen LogP contribution in [0.1, 0.15) is 25.3 Å². The Bertz CT molecular complexity index is 640. The number of nitrogens with zero attached hydrogens (tertiary/aromatic N) is 1. The maximum atomic E-state index is 12.3. The van der Waals surface area contributed by atoms with Crippen LogP contribution in [0.15, 0.2) is 43.0 Å². The second-order valence-corrected chi connectivity index (χ2v) is 6.76. The number of amides is 2. The predicted octanol–water partition coefficient (Wildman–Crippen LogP) is 0.903. The van der Waals surface area contributed by atoms with Crippen molar-refractivity contribution in [2.24, 2.45) is 0 Å². The molecular formula is C18H25BN2O5. The van der Waals surface area contributed by atoms with Gasteiger partial charge in [-0.05, 0) is 37.8 Å². The Morgan fingerprint density at radius 2 is 2.12 bits per heavy atom. The van der Waals surface area contributed by atoms with E-state index in [-0.39, 0.29) is 18.9 Å². The van der Waals surface area contributed by atoms with Crippen LogP contribution in [0.3, 0.4) is 0 Å². The van der Waals surface area contributed by atoms with E-state index in [1.54, 1.807) is 11.8 Å². The summed E-state index contributed by atoms with van der Waals surface area (Å²) in [6, 6.07) is 9.20. The van der Waals surface area contributed by atoms with E-state index in [0.29, 0.717) is 19.4 Å². The summed E-state index contributed by atoms with van der Waals surface area (Å²) in [6.45, 7) is 6.11. The molecule has 2 atom stereocenters. The fourth-order valence-corrected chi connectivity index (χ4v) is 3.11. The molecule has 0 radical (unpaired) electrons. The number of likely N-dealkylation sites (tertiary alicyclic amines) is 1. The fraction of sp³-hybridized carbons (Fsp3) is 0.444. The van der Waals surface area contributed by atoms with Crippen molar-refractivity contribution in [1.29, 1.82) is 0 Å². The van der Waals surface area contributed by atoms with Gasteiger partial charge in [0.05, 0.1) is 12.5 Å². The second kappa shape index (κ2) is 8.87. The average Bonchev–Trinajstić information content (AvgIpc) is 2.60. The van der Waals surface area contributed by atoms with Gasteiger partial charge in [-0.25, -0.2) is 4.79 Å². The summed E-state index contributed by atoms with van der Waals surface area (Å²) in [5, 5.41) is 21.6. The summed E-state index contributed by atoms with van der Waals surface area (Å²) in [7, 11) is -1.72. The van der Waals surface area contributed by atoms with Crippen LogP contribution in [0, 0.1) is 0 Å². The maximum Gasteiger partial charge on any atom is 0.475 e. The van der Waals surface area contributed by atoms with Gasteiger partial charge in [-0.2, -0.15) is 0 Å². The van der Waals surface area contributed by atoms with E-state index >= 15 is 0 Å². The first-order valence-electron chi connectivity index (χ1n) is 8.64. The van der Waals surface area contributed by atoms with Gasteiger partial charge in [-0.15, -0.1) is 0 Å². The van der Waals surface area contributed by atoms with Crippen molar-refractivity contribution in [2.75, 3.05) is 13.1 Å². The maximum absolute atomic E-state index is 12.3. The van der Waals surface area contributed by atoms with Crippen LogP contribution in [-0.2, 0) is 16.0 Å². The van der Waals surface area contributed by atoms with Gasteiger partial charge in [-0.3, -0.25) is 4.79 Å². The van der Waals surface area contributed by atoms with E-state index in [9.17, 15) is 19.6 Å². The predicted molar refractivity (Wildman–Crippen MR) is 98.2 cm³/mol. The second-order valence-electron chi connectivity index (χ2n) is 6.76. The third-order valence-electron chi connectivity index (χ3n) is 4.45. The van der Waals surface area contributed by atoms with Crippen molar-refractivity contribution in [3.63, 3.8) is 0 Å². The summed E-state index contributed by atoms with van der Waals surface area (Å²) in [6.07, 6.45) is 2.08. The quantitative estimate of drug-likeness (QED) is 0.517. The summed E-state index contributed by atoms with van der Waals surface area (Å²) >= 11 is 0. The van der Waals surface area contributed by atoms with Crippen molar-refractivity contribution < 1.29 is 24.4 Å². The minimum absolute atomic E-state index is 0.201. The Morgan fingerprint density at radius 3 is 2.73 bits per heavy atom. The largest absolute Gasteiger partial charge is 0.475 e. The summed E-state index contributed by atoms with van der Waals surface area (Å²) in [5.74, 6) is -1.10. The third kappa shape index (κ3) is 5.61. The monoisotopic (exact) mass is 360 g/mol. The average molecular weight is 360 g/mol. The van der Waals surface area contributed by atoms with Crippen LogP contribution in [0.4, 0.5) is 4.79 Å². The number of hydrogen-bond donors (Lipinski definition) is 3. The van der Waals surface area contributed by atoms with Crippen LogP contribution in [0.5, 0.6) is 0 Å². The first-order chi connectivity index (χ1) is 12.3. The molecule has 0 bridgehead atoms. The molecule has 1 aromatic carbocycles. The summed E-state index contributed by atoms with van der Waals surface area (Å²) in [5.41, 5.74) is 0.0242. The molecule has 1 fully saturated rings. The molecule has 0 saturated carbocycles. The van der Waals surface area contributed by atoms with E-state index in [2.05, 4.69) is 11.9 Å². The molecular weight excluding hydrogens is 335 g/mol. The lowest BCUT2D eigenvalue weighted by Crippen LogP contribution is -2.54. The van der Waals surface area contributed by atoms with Gasteiger partial charge in [0.15, 0.2) is 0 Å². The van der Waals surface area contributed by atoms with Gasteiger partial charge in [0.2, 0.25) is 5.91 Å². The Hall–Kier alpha value is -2.32. The molecule has 1 aliphatic rings. The zero-order valence-corrected chi connectivity index (χ0v) is 14.9. The molecule has 2 rings (SSSR count). The van der Waals surface area contributed by atoms with Gasteiger partial charge in [0, 0.05) is 6.54 Å². The van der Waals surface area contributed by atoms with Crippen LogP contribution < -0.4 is 5.32 Å². The SMILES string of the molecule is C=CC(=O)N1CCCC(C)(OC(=O)NC(Cc2ccccc2)B(O)O)C1. The molecule has 1 aliphatic heterocycles. The number of nitrogens with one attached hydrogen (secondary N) is 1. The number of hydrogen-bond acceptors (Lipinski definition) is 5. The molecule has 8 heteroatoms. The molecule has 26 heavy (non-hydrogen) atoms. The van der Waals surface area contributed by atoms with Gasteiger partial charge >= 0.3 is 13.2 Å². The molecule has 3 N–H and O–H groups in total. The van der Waals surface area contributed by atoms with Crippen LogP contribution in [0.25, 0.3) is 0 Å². The highest BCUT2D eigenvalue weighted by Gasteiger charge is 2.37. The Kier molecular flexibility index (Phi) is 6.82. The Morgan fingerprint density at radius 1 is 1.42 bits per heavy atom. The molecule has 1 saturated heterocycles. The number of alkyl carbamates (subject to hydrolysis) is 1. The Labute approximate surface area is 153 Å². The number of carbonyl (C=O) groups excluding carboxylic acids is 2. The lowest BCUT2D eigenvalue weighted by molar-refractivity contribution is -0.132. The topological polar surface area (TPSA) is 99.1 Å². The molecule has 0 aliphatic carbocycles. The highest BCUT2D eigenvalue weighted by atomic mass is 16.6. The van der Waals surface area contributed by atoms with E-state index in [4.69, 9.17) is 4.74 Å². The van der Waals surface area contributed by atoms with Crippen molar-refractivity contribution in [3.05, 3.63) is 48.6 Å². The van der Waals surface area contributed by atoms with E-state index in [0.717, 1.165) is 5.56 Å². The standard InChI is InChI=1S/C18H25BN2O5/c1-3-16(22)21-11-7-10-18(2,13-21)26-17(23)20-15(19(24)25)12-14-8-5-4-6-9-14/h3-6,8-9,15,24-25H,1,7,10-13H2,2H3,(H,20,23). The van der Waals surface area contributed by atoms with Gasteiger partial charge in [-0.1, -0.05) is 36.9 Å².